The molecule has 0 amide bonds. The highest BCUT2D eigenvalue weighted by Crippen LogP contribution is 1.74. The Bertz CT molecular complexity index is 96.5. The van der Waals surface area contributed by atoms with Crippen LogP contribution < -0.4 is 4.90 Å². The third-order valence-corrected chi connectivity index (χ3v) is 1.63. The normalized spacial score (nSPS) is 16.5. The Balaban J connectivity index is 3.69. The second-order valence-electron chi connectivity index (χ2n) is 3.33. The minimum atomic E-state index is -0.384. The molecule has 0 aliphatic heterocycles. The van der Waals surface area contributed by atoms with Crippen molar-refractivity contribution in [3.05, 3.63) is 0 Å². The largest absolute Gasteiger partial charge is 0.391 e. The summed E-state index contributed by atoms with van der Waals surface area (Å²) in [5.41, 5.74) is 0. The van der Waals surface area contributed by atoms with Crippen LogP contribution in [-0.2, 0) is 0 Å². The highest BCUT2D eigenvalue weighted by Gasteiger charge is 2.13. The van der Waals surface area contributed by atoms with E-state index in [0.29, 0.717) is 19.6 Å². The SMILES string of the molecule is C[C@@H](O)C[NH+](CCO)C[C@@H](C)O. The van der Waals surface area contributed by atoms with Gasteiger partial charge in [-0.1, -0.05) is 0 Å². The molecule has 0 saturated carbocycles. The smallest absolute Gasteiger partial charge is 0.103 e. The Morgan fingerprint density at radius 1 is 1.08 bits per heavy atom. The number of aliphatic hydroxyl groups excluding tert-OH is 3. The average Bonchev–Trinajstić information content (AvgIpc) is 1.84. The van der Waals surface area contributed by atoms with E-state index in [1.54, 1.807) is 13.8 Å². The molecule has 0 aromatic carbocycles. The van der Waals surface area contributed by atoms with Crippen LogP contribution in [0.25, 0.3) is 0 Å². The van der Waals surface area contributed by atoms with Crippen LogP contribution in [0.2, 0.25) is 0 Å². The summed E-state index contributed by atoms with van der Waals surface area (Å²) in [6.45, 7) is 5.24. The van der Waals surface area contributed by atoms with Crippen LogP contribution in [0.5, 0.6) is 0 Å². The Morgan fingerprint density at radius 3 is 1.75 bits per heavy atom. The summed E-state index contributed by atoms with van der Waals surface area (Å²) in [5.74, 6) is 0. The van der Waals surface area contributed by atoms with Gasteiger partial charge >= 0.3 is 0 Å². The van der Waals surface area contributed by atoms with Crippen molar-refractivity contribution >= 4 is 0 Å². The van der Waals surface area contributed by atoms with Gasteiger partial charge in [0.05, 0.1) is 6.61 Å². The zero-order valence-electron chi connectivity index (χ0n) is 7.82. The average molecular weight is 178 g/mol. The molecule has 0 rings (SSSR count). The lowest BCUT2D eigenvalue weighted by molar-refractivity contribution is -0.906. The van der Waals surface area contributed by atoms with E-state index in [-0.39, 0.29) is 18.8 Å². The fraction of sp³-hybridized carbons (Fsp3) is 1.00. The number of hydrogen-bond donors (Lipinski definition) is 4. The predicted molar refractivity (Wildman–Crippen MR) is 46.0 cm³/mol. The van der Waals surface area contributed by atoms with E-state index in [1.165, 1.54) is 0 Å². The molecular formula is C8H20NO3+. The number of nitrogens with one attached hydrogen (secondary N) is 1. The van der Waals surface area contributed by atoms with Crippen molar-refractivity contribution in [1.82, 2.24) is 0 Å². The predicted octanol–water partition coefficient (Wildman–Crippen LogP) is -2.37. The maximum absolute atomic E-state index is 9.08. The zero-order valence-corrected chi connectivity index (χ0v) is 7.82. The van der Waals surface area contributed by atoms with Gasteiger partial charge in [-0.3, -0.25) is 0 Å². The van der Waals surface area contributed by atoms with Gasteiger partial charge in [0.2, 0.25) is 0 Å². The van der Waals surface area contributed by atoms with Crippen molar-refractivity contribution in [2.75, 3.05) is 26.2 Å². The first-order chi connectivity index (χ1) is 5.56. The minimum Gasteiger partial charge on any atom is -0.391 e. The molecule has 0 saturated heterocycles. The van der Waals surface area contributed by atoms with Crippen LogP contribution in [0.15, 0.2) is 0 Å². The molecule has 0 fully saturated rings. The zero-order chi connectivity index (χ0) is 9.56. The third kappa shape index (κ3) is 6.54. The van der Waals surface area contributed by atoms with Crippen LogP contribution in [0, 0.1) is 0 Å². The van der Waals surface area contributed by atoms with Crippen LogP contribution in [0.1, 0.15) is 13.8 Å². The molecule has 0 aromatic rings. The Morgan fingerprint density at radius 2 is 1.50 bits per heavy atom. The molecule has 0 bridgehead atoms. The van der Waals surface area contributed by atoms with Crippen molar-refractivity contribution in [3.8, 4) is 0 Å². The second kappa shape index (κ2) is 6.37. The summed E-state index contributed by atoms with van der Waals surface area (Å²) in [7, 11) is 0. The quantitative estimate of drug-likeness (QED) is 0.367. The fourth-order valence-corrected chi connectivity index (χ4v) is 1.28. The molecule has 0 spiro atoms. The van der Waals surface area contributed by atoms with E-state index in [0.717, 1.165) is 4.90 Å². The Kier molecular flexibility index (Phi) is 6.28. The van der Waals surface area contributed by atoms with E-state index >= 15 is 0 Å². The highest BCUT2D eigenvalue weighted by atomic mass is 16.3. The first-order valence-electron chi connectivity index (χ1n) is 4.36. The van der Waals surface area contributed by atoms with Gasteiger partial charge in [-0.05, 0) is 13.8 Å². The van der Waals surface area contributed by atoms with Crippen LogP contribution in [0.3, 0.4) is 0 Å². The number of rotatable bonds is 6. The van der Waals surface area contributed by atoms with Gasteiger partial charge in [-0.2, -0.15) is 0 Å². The molecule has 0 heterocycles. The van der Waals surface area contributed by atoms with Gasteiger partial charge in [-0.15, -0.1) is 0 Å². The maximum atomic E-state index is 9.08. The molecule has 0 aromatic heterocycles. The van der Waals surface area contributed by atoms with E-state index in [4.69, 9.17) is 15.3 Å². The second-order valence-corrected chi connectivity index (χ2v) is 3.33. The van der Waals surface area contributed by atoms with E-state index in [2.05, 4.69) is 0 Å². The van der Waals surface area contributed by atoms with Gasteiger partial charge in [0, 0.05) is 0 Å². The topological polar surface area (TPSA) is 65.1 Å². The van der Waals surface area contributed by atoms with Crippen LogP contribution in [0.4, 0.5) is 0 Å². The third-order valence-electron chi connectivity index (χ3n) is 1.63. The Hall–Kier alpha value is -0.160. The van der Waals surface area contributed by atoms with Crippen molar-refractivity contribution in [2.24, 2.45) is 0 Å². The molecule has 4 heteroatoms. The Labute approximate surface area is 73.4 Å². The van der Waals surface area contributed by atoms with Gasteiger partial charge in [0.15, 0.2) is 0 Å². The maximum Gasteiger partial charge on any atom is 0.103 e. The van der Waals surface area contributed by atoms with E-state index in [1.807, 2.05) is 0 Å². The lowest BCUT2D eigenvalue weighted by atomic mass is 10.3. The van der Waals surface area contributed by atoms with Crippen LogP contribution >= 0.6 is 0 Å². The van der Waals surface area contributed by atoms with Crippen molar-refractivity contribution in [3.63, 3.8) is 0 Å². The molecule has 12 heavy (non-hydrogen) atoms. The van der Waals surface area contributed by atoms with E-state index < -0.39 is 0 Å². The molecule has 4 N–H and O–H groups in total. The first kappa shape index (κ1) is 11.8. The molecule has 0 aliphatic carbocycles. The molecular weight excluding hydrogens is 158 g/mol. The molecule has 4 nitrogen and oxygen atoms in total. The summed E-state index contributed by atoms with van der Waals surface area (Å²) < 4.78 is 0. The molecule has 2 atom stereocenters. The summed E-state index contributed by atoms with van der Waals surface area (Å²) in [6, 6.07) is 0. The number of hydrogen-bond acceptors (Lipinski definition) is 3. The highest BCUT2D eigenvalue weighted by molar-refractivity contribution is 4.44. The van der Waals surface area contributed by atoms with Crippen molar-refractivity contribution in [1.29, 1.82) is 0 Å². The molecule has 0 radical (unpaired) electrons. The summed E-state index contributed by atoms with van der Waals surface area (Å²) in [4.78, 5) is 1.03. The monoisotopic (exact) mass is 178 g/mol. The fourth-order valence-electron chi connectivity index (χ4n) is 1.28. The first-order valence-corrected chi connectivity index (χ1v) is 4.36. The van der Waals surface area contributed by atoms with Gasteiger partial charge in [0.25, 0.3) is 0 Å². The van der Waals surface area contributed by atoms with E-state index in [9.17, 15) is 0 Å². The van der Waals surface area contributed by atoms with Crippen molar-refractivity contribution in [2.45, 2.75) is 26.1 Å². The van der Waals surface area contributed by atoms with Crippen LogP contribution in [-0.4, -0.2) is 53.8 Å². The van der Waals surface area contributed by atoms with Gasteiger partial charge in [0.1, 0.15) is 31.8 Å². The lowest BCUT2D eigenvalue weighted by Gasteiger charge is -2.20. The molecule has 74 valence electrons. The number of quaternary nitrogens is 1. The minimum absolute atomic E-state index is 0.0920. The number of aliphatic hydroxyl groups is 3. The molecule has 0 aliphatic rings. The summed E-state index contributed by atoms with van der Waals surface area (Å²) in [5, 5.41) is 26.8. The summed E-state index contributed by atoms with van der Waals surface area (Å²) in [6.07, 6.45) is -0.768. The standard InChI is InChI=1S/C8H19NO3/c1-7(11)5-9(3-4-10)6-8(2)12/h7-8,10-12H,3-6H2,1-2H3/p+1/t7-,8-/m1/s1. The van der Waals surface area contributed by atoms with Crippen molar-refractivity contribution < 1.29 is 20.2 Å². The summed E-state index contributed by atoms with van der Waals surface area (Å²) >= 11 is 0. The molecule has 0 unspecified atom stereocenters. The lowest BCUT2D eigenvalue weighted by Crippen LogP contribution is -3.14. The van der Waals surface area contributed by atoms with Gasteiger partial charge in [-0.25, -0.2) is 0 Å². The van der Waals surface area contributed by atoms with Gasteiger partial charge < -0.3 is 20.2 Å².